The molecule has 0 amide bonds. The smallest absolute Gasteiger partial charge is 0.194 e. The standard InChI is InChI=1S/C13H18N2O2/c1-3-7-14-8-11-13(16-9-15-11)12-6-5-10(4-2)17-12/h5-6,9,14H,3-4,7-8H2,1-2H3. The van der Waals surface area contributed by atoms with Gasteiger partial charge in [0.2, 0.25) is 0 Å². The predicted octanol–water partition coefficient (Wildman–Crippen LogP) is 3.00. The minimum atomic E-state index is 0.710. The maximum absolute atomic E-state index is 5.66. The van der Waals surface area contributed by atoms with E-state index in [0.717, 1.165) is 42.4 Å². The summed E-state index contributed by atoms with van der Waals surface area (Å²) < 4.78 is 11.1. The summed E-state index contributed by atoms with van der Waals surface area (Å²) in [5.74, 6) is 2.45. The first-order valence-electron chi connectivity index (χ1n) is 6.07. The number of hydrogen-bond donors (Lipinski definition) is 1. The quantitative estimate of drug-likeness (QED) is 0.781. The van der Waals surface area contributed by atoms with E-state index in [2.05, 4.69) is 24.1 Å². The van der Waals surface area contributed by atoms with Gasteiger partial charge in [-0.15, -0.1) is 0 Å². The number of nitrogens with zero attached hydrogens (tertiary/aromatic N) is 1. The van der Waals surface area contributed by atoms with Crippen LogP contribution in [0.1, 0.15) is 31.7 Å². The Kier molecular flexibility index (Phi) is 3.98. The van der Waals surface area contributed by atoms with Gasteiger partial charge in [-0.2, -0.15) is 0 Å². The van der Waals surface area contributed by atoms with Crippen LogP contribution in [0.4, 0.5) is 0 Å². The fourth-order valence-electron chi connectivity index (χ4n) is 1.67. The van der Waals surface area contributed by atoms with Crippen LogP contribution in [0.5, 0.6) is 0 Å². The molecule has 2 rings (SSSR count). The number of aromatic nitrogens is 1. The Bertz CT molecular complexity index is 459. The summed E-state index contributed by atoms with van der Waals surface area (Å²) in [5.41, 5.74) is 0.899. The minimum absolute atomic E-state index is 0.710. The molecule has 0 aliphatic rings. The van der Waals surface area contributed by atoms with Crippen LogP contribution in [0.25, 0.3) is 11.5 Å². The lowest BCUT2D eigenvalue weighted by atomic mass is 10.2. The summed E-state index contributed by atoms with van der Waals surface area (Å²) in [6.45, 7) is 5.88. The molecule has 2 heterocycles. The highest BCUT2D eigenvalue weighted by atomic mass is 16.4. The molecule has 0 bridgehead atoms. The first-order valence-corrected chi connectivity index (χ1v) is 6.07. The lowest BCUT2D eigenvalue weighted by Crippen LogP contribution is -2.14. The second-order valence-corrected chi connectivity index (χ2v) is 3.92. The van der Waals surface area contributed by atoms with Gasteiger partial charge in [-0.25, -0.2) is 4.98 Å². The predicted molar refractivity (Wildman–Crippen MR) is 65.6 cm³/mol. The lowest BCUT2D eigenvalue weighted by molar-refractivity contribution is 0.492. The molecule has 0 radical (unpaired) electrons. The molecule has 0 aliphatic carbocycles. The van der Waals surface area contributed by atoms with E-state index < -0.39 is 0 Å². The Hall–Kier alpha value is -1.55. The number of furan rings is 1. The second kappa shape index (κ2) is 5.68. The maximum Gasteiger partial charge on any atom is 0.194 e. The molecule has 92 valence electrons. The Morgan fingerprint density at radius 3 is 2.88 bits per heavy atom. The number of hydrogen-bond acceptors (Lipinski definition) is 4. The summed E-state index contributed by atoms with van der Waals surface area (Å²) in [6, 6.07) is 3.91. The van der Waals surface area contributed by atoms with Gasteiger partial charge in [-0.1, -0.05) is 13.8 Å². The highest BCUT2D eigenvalue weighted by molar-refractivity contribution is 5.53. The topological polar surface area (TPSA) is 51.2 Å². The van der Waals surface area contributed by atoms with Crippen LogP contribution in [0, 0.1) is 0 Å². The van der Waals surface area contributed by atoms with Gasteiger partial charge in [-0.05, 0) is 25.1 Å². The van der Waals surface area contributed by atoms with Gasteiger partial charge >= 0.3 is 0 Å². The van der Waals surface area contributed by atoms with Crippen molar-refractivity contribution in [3.8, 4) is 11.5 Å². The molecule has 0 spiro atoms. The van der Waals surface area contributed by atoms with Crippen molar-refractivity contribution in [2.75, 3.05) is 6.54 Å². The summed E-state index contributed by atoms with van der Waals surface area (Å²) in [4.78, 5) is 4.21. The van der Waals surface area contributed by atoms with E-state index >= 15 is 0 Å². The van der Waals surface area contributed by atoms with Crippen LogP contribution in [0.15, 0.2) is 27.4 Å². The lowest BCUT2D eigenvalue weighted by Gasteiger charge is -2.00. The SMILES string of the molecule is CCCNCc1ncoc1-c1ccc(CC)o1. The van der Waals surface area contributed by atoms with Crippen molar-refractivity contribution in [1.29, 1.82) is 0 Å². The monoisotopic (exact) mass is 234 g/mol. The molecule has 0 saturated carbocycles. The molecule has 0 aromatic carbocycles. The van der Waals surface area contributed by atoms with Crippen molar-refractivity contribution < 1.29 is 8.83 Å². The number of aryl methyl sites for hydroxylation is 1. The van der Waals surface area contributed by atoms with Crippen molar-refractivity contribution in [1.82, 2.24) is 10.3 Å². The fraction of sp³-hybridized carbons (Fsp3) is 0.462. The third kappa shape index (κ3) is 2.77. The van der Waals surface area contributed by atoms with Crippen molar-refractivity contribution in [2.45, 2.75) is 33.2 Å². The largest absolute Gasteiger partial charge is 0.458 e. The molecule has 17 heavy (non-hydrogen) atoms. The van der Waals surface area contributed by atoms with E-state index in [1.54, 1.807) is 0 Å². The number of rotatable bonds is 6. The molecule has 0 unspecified atom stereocenters. The molecule has 4 heteroatoms. The molecular formula is C13H18N2O2. The Morgan fingerprint density at radius 2 is 2.18 bits per heavy atom. The second-order valence-electron chi connectivity index (χ2n) is 3.92. The molecule has 0 aliphatic heterocycles. The molecule has 0 atom stereocenters. The van der Waals surface area contributed by atoms with Gasteiger partial charge in [0.25, 0.3) is 0 Å². The van der Waals surface area contributed by atoms with Gasteiger partial charge in [0.1, 0.15) is 11.5 Å². The van der Waals surface area contributed by atoms with Gasteiger partial charge in [0.15, 0.2) is 17.9 Å². The molecule has 0 saturated heterocycles. The third-order valence-electron chi connectivity index (χ3n) is 2.59. The maximum atomic E-state index is 5.66. The fourth-order valence-corrected chi connectivity index (χ4v) is 1.67. The number of oxazole rings is 1. The van der Waals surface area contributed by atoms with Crippen LogP contribution in [-0.2, 0) is 13.0 Å². The Labute approximate surface area is 101 Å². The molecule has 2 aromatic rings. The van der Waals surface area contributed by atoms with Crippen molar-refractivity contribution >= 4 is 0 Å². The molecule has 1 N–H and O–H groups in total. The van der Waals surface area contributed by atoms with Gasteiger partial charge < -0.3 is 14.2 Å². The molecular weight excluding hydrogens is 216 g/mol. The summed E-state index contributed by atoms with van der Waals surface area (Å²) >= 11 is 0. The van der Waals surface area contributed by atoms with Crippen molar-refractivity contribution in [2.24, 2.45) is 0 Å². The normalized spacial score (nSPS) is 10.9. The zero-order valence-electron chi connectivity index (χ0n) is 10.3. The van der Waals surface area contributed by atoms with Crippen molar-refractivity contribution in [3.63, 3.8) is 0 Å². The zero-order valence-corrected chi connectivity index (χ0v) is 10.3. The molecule has 2 aromatic heterocycles. The minimum Gasteiger partial charge on any atom is -0.458 e. The highest BCUT2D eigenvalue weighted by Gasteiger charge is 2.13. The van der Waals surface area contributed by atoms with E-state index in [4.69, 9.17) is 8.83 Å². The first kappa shape index (κ1) is 11.9. The average molecular weight is 234 g/mol. The highest BCUT2D eigenvalue weighted by Crippen LogP contribution is 2.25. The van der Waals surface area contributed by atoms with E-state index in [0.29, 0.717) is 6.54 Å². The van der Waals surface area contributed by atoms with E-state index in [1.165, 1.54) is 6.39 Å². The van der Waals surface area contributed by atoms with Crippen molar-refractivity contribution in [3.05, 3.63) is 30.0 Å². The van der Waals surface area contributed by atoms with Gasteiger partial charge in [0.05, 0.1) is 0 Å². The average Bonchev–Trinajstić information content (AvgIpc) is 2.96. The van der Waals surface area contributed by atoms with Crippen LogP contribution >= 0.6 is 0 Å². The Morgan fingerprint density at radius 1 is 1.29 bits per heavy atom. The molecule has 4 nitrogen and oxygen atoms in total. The summed E-state index contributed by atoms with van der Waals surface area (Å²) in [6.07, 6.45) is 3.46. The van der Waals surface area contributed by atoms with E-state index in [9.17, 15) is 0 Å². The van der Waals surface area contributed by atoms with Gasteiger partial charge in [-0.3, -0.25) is 0 Å². The first-order chi connectivity index (χ1) is 8.35. The van der Waals surface area contributed by atoms with Crippen LogP contribution < -0.4 is 5.32 Å². The molecule has 0 fully saturated rings. The van der Waals surface area contributed by atoms with Gasteiger partial charge in [0, 0.05) is 13.0 Å². The summed E-state index contributed by atoms with van der Waals surface area (Å²) in [7, 11) is 0. The van der Waals surface area contributed by atoms with Crippen LogP contribution in [-0.4, -0.2) is 11.5 Å². The van der Waals surface area contributed by atoms with E-state index in [-0.39, 0.29) is 0 Å². The zero-order chi connectivity index (χ0) is 12.1. The number of nitrogens with one attached hydrogen (secondary N) is 1. The van der Waals surface area contributed by atoms with E-state index in [1.807, 2.05) is 12.1 Å². The van der Waals surface area contributed by atoms with Crippen LogP contribution in [0.2, 0.25) is 0 Å². The Balaban J connectivity index is 2.12. The summed E-state index contributed by atoms with van der Waals surface area (Å²) in [5, 5.41) is 3.30. The third-order valence-corrected chi connectivity index (χ3v) is 2.59. The van der Waals surface area contributed by atoms with Crippen LogP contribution in [0.3, 0.4) is 0 Å².